The molecule has 9 nitrogen and oxygen atoms in total. The van der Waals surface area contributed by atoms with Gasteiger partial charge in [0, 0.05) is 31.2 Å². The van der Waals surface area contributed by atoms with Gasteiger partial charge in [-0.2, -0.15) is 0 Å². The summed E-state index contributed by atoms with van der Waals surface area (Å²) >= 11 is 1.11. The van der Waals surface area contributed by atoms with Gasteiger partial charge in [-0.15, -0.1) is 11.3 Å². The van der Waals surface area contributed by atoms with Crippen LogP contribution < -0.4 is 14.2 Å². The number of thiophene rings is 1. The van der Waals surface area contributed by atoms with E-state index in [-0.39, 0.29) is 40.0 Å². The molecule has 4 rings (SSSR count). The zero-order valence-electron chi connectivity index (χ0n) is 22.5. The second-order valence-corrected chi connectivity index (χ2v) is 12.8. The molecule has 0 radical (unpaired) electrons. The fourth-order valence-electron chi connectivity index (χ4n) is 4.54. The zero-order valence-corrected chi connectivity index (χ0v) is 24.2. The Kier molecular flexibility index (Phi) is 9.16. The van der Waals surface area contributed by atoms with Crippen molar-refractivity contribution in [2.45, 2.75) is 36.7 Å². The third-order valence-electron chi connectivity index (χ3n) is 6.78. The number of nitrogens with zero attached hydrogens (tertiary/aromatic N) is 2. The molecule has 2 N–H and O–H groups in total. The van der Waals surface area contributed by atoms with Gasteiger partial charge in [0.25, 0.3) is 15.9 Å². The van der Waals surface area contributed by atoms with Crippen molar-refractivity contribution < 1.29 is 27.8 Å². The Hall–Kier alpha value is -3.12. The van der Waals surface area contributed by atoms with Crippen LogP contribution in [0.3, 0.4) is 0 Å². The van der Waals surface area contributed by atoms with Crippen LogP contribution >= 0.6 is 11.3 Å². The van der Waals surface area contributed by atoms with Crippen LogP contribution in [0.25, 0.3) is 0 Å². The Morgan fingerprint density at radius 2 is 1.97 bits per heavy atom. The number of carbonyl (C=O) groups is 1. The molecule has 3 atom stereocenters. The highest BCUT2D eigenvalue weighted by Gasteiger charge is 2.33. The average Bonchev–Trinajstić information content (AvgIpc) is 3.47. The number of carbonyl (C=O) groups excluding carboxylic acids is 1. The predicted octanol–water partition coefficient (Wildman–Crippen LogP) is 3.91. The summed E-state index contributed by atoms with van der Waals surface area (Å²) in [6, 6.07) is 15.4. The number of hydrogen-bond acceptors (Lipinski definition) is 8. The van der Waals surface area contributed by atoms with Crippen molar-refractivity contribution in [3.05, 3.63) is 71.1 Å². The van der Waals surface area contributed by atoms with Gasteiger partial charge in [0.1, 0.15) is 21.8 Å². The standard InChI is InChI=1S/C28H35N3O6S2/c1-19-15-31(20(2)18-32)28(33)24-14-22(29-39(34,35)27-6-5-13-38-27)9-12-25(24)37-26(19)17-30(3)16-21-7-10-23(36-4)11-8-21/h5-14,19-20,26,29,32H,15-18H2,1-4H3/t19-,20+,26+/m1/s1. The first-order chi connectivity index (χ1) is 18.6. The molecule has 2 heterocycles. The lowest BCUT2D eigenvalue weighted by Gasteiger charge is -2.38. The third-order valence-corrected chi connectivity index (χ3v) is 9.56. The summed E-state index contributed by atoms with van der Waals surface area (Å²) in [5, 5.41) is 11.6. The molecule has 1 aromatic heterocycles. The quantitative estimate of drug-likeness (QED) is 0.379. The van der Waals surface area contributed by atoms with E-state index in [9.17, 15) is 18.3 Å². The maximum atomic E-state index is 13.6. The predicted molar refractivity (Wildman–Crippen MR) is 152 cm³/mol. The number of ether oxygens (including phenoxy) is 2. The number of sulfonamides is 1. The van der Waals surface area contributed by atoms with Crippen LogP contribution in [0.15, 0.2) is 64.2 Å². The minimum atomic E-state index is -3.79. The Balaban J connectivity index is 1.60. The number of aliphatic hydroxyl groups excluding tert-OH is 1. The van der Waals surface area contributed by atoms with Gasteiger partial charge in [0.05, 0.1) is 25.3 Å². The number of aliphatic hydroxyl groups is 1. The maximum Gasteiger partial charge on any atom is 0.271 e. The van der Waals surface area contributed by atoms with Crippen LogP contribution in [0.1, 0.15) is 29.8 Å². The van der Waals surface area contributed by atoms with E-state index in [0.717, 1.165) is 22.6 Å². The first-order valence-electron chi connectivity index (χ1n) is 12.7. The fraction of sp³-hybridized carbons (Fsp3) is 0.393. The minimum Gasteiger partial charge on any atom is -0.497 e. The number of hydrogen-bond donors (Lipinski definition) is 2. The van der Waals surface area contributed by atoms with Crippen LogP contribution in [0.4, 0.5) is 5.69 Å². The van der Waals surface area contributed by atoms with Gasteiger partial charge in [-0.25, -0.2) is 8.42 Å². The molecule has 0 bridgehead atoms. The Morgan fingerprint density at radius 3 is 2.62 bits per heavy atom. The summed E-state index contributed by atoms with van der Waals surface area (Å²) in [5.41, 5.74) is 1.64. The molecule has 0 unspecified atom stereocenters. The van der Waals surface area contributed by atoms with E-state index in [1.165, 1.54) is 12.1 Å². The van der Waals surface area contributed by atoms with E-state index in [2.05, 4.69) is 9.62 Å². The molecule has 0 spiro atoms. The van der Waals surface area contributed by atoms with E-state index >= 15 is 0 Å². The molecule has 0 fully saturated rings. The van der Waals surface area contributed by atoms with Crippen LogP contribution in [-0.2, 0) is 16.6 Å². The van der Waals surface area contributed by atoms with Crippen molar-refractivity contribution in [3.8, 4) is 11.5 Å². The van der Waals surface area contributed by atoms with Gasteiger partial charge in [0.2, 0.25) is 0 Å². The van der Waals surface area contributed by atoms with E-state index in [1.54, 1.807) is 42.5 Å². The fourth-order valence-corrected chi connectivity index (χ4v) is 6.58. The second-order valence-electron chi connectivity index (χ2n) is 9.92. The highest BCUT2D eigenvalue weighted by molar-refractivity contribution is 7.94. The van der Waals surface area contributed by atoms with Gasteiger partial charge in [-0.05, 0) is 61.3 Å². The number of rotatable bonds is 10. The summed E-state index contributed by atoms with van der Waals surface area (Å²) in [4.78, 5) is 17.4. The smallest absolute Gasteiger partial charge is 0.271 e. The topological polar surface area (TPSA) is 108 Å². The monoisotopic (exact) mass is 573 g/mol. The van der Waals surface area contributed by atoms with Crippen molar-refractivity contribution in [1.29, 1.82) is 0 Å². The molecule has 0 aliphatic carbocycles. The van der Waals surface area contributed by atoms with E-state index in [1.807, 2.05) is 38.2 Å². The van der Waals surface area contributed by atoms with E-state index in [4.69, 9.17) is 9.47 Å². The molecule has 0 saturated heterocycles. The molecular weight excluding hydrogens is 538 g/mol. The SMILES string of the molecule is COc1ccc(CN(C)C[C@@H]2Oc3ccc(NS(=O)(=O)c4cccs4)cc3C(=O)N([C@@H](C)CO)C[C@H]2C)cc1. The summed E-state index contributed by atoms with van der Waals surface area (Å²) in [5.74, 6) is 0.824. The van der Waals surface area contributed by atoms with E-state index in [0.29, 0.717) is 25.4 Å². The molecule has 0 saturated carbocycles. The highest BCUT2D eigenvalue weighted by atomic mass is 32.2. The number of likely N-dealkylation sites (N-methyl/N-ethyl adjacent to an activating group) is 1. The van der Waals surface area contributed by atoms with Gasteiger partial charge < -0.3 is 19.5 Å². The van der Waals surface area contributed by atoms with Crippen LogP contribution in [-0.4, -0.2) is 75.2 Å². The highest BCUT2D eigenvalue weighted by Crippen LogP contribution is 2.32. The molecule has 1 amide bonds. The Labute approximate surface area is 234 Å². The molecule has 2 aromatic carbocycles. The number of fused-ring (bicyclic) bond motifs is 1. The van der Waals surface area contributed by atoms with Crippen molar-refractivity contribution in [2.24, 2.45) is 5.92 Å². The summed E-state index contributed by atoms with van der Waals surface area (Å²) in [7, 11) is -0.132. The summed E-state index contributed by atoms with van der Waals surface area (Å²) in [6.07, 6.45) is -0.262. The van der Waals surface area contributed by atoms with Gasteiger partial charge in [-0.1, -0.05) is 25.1 Å². The van der Waals surface area contributed by atoms with Gasteiger partial charge in [-0.3, -0.25) is 14.4 Å². The van der Waals surface area contributed by atoms with Crippen molar-refractivity contribution in [2.75, 3.05) is 38.6 Å². The van der Waals surface area contributed by atoms with Crippen molar-refractivity contribution >= 4 is 33.0 Å². The van der Waals surface area contributed by atoms with Crippen LogP contribution in [0.2, 0.25) is 0 Å². The number of amides is 1. The number of anilines is 1. The van der Waals surface area contributed by atoms with Crippen LogP contribution in [0, 0.1) is 5.92 Å². The lowest BCUT2D eigenvalue weighted by atomic mass is 9.99. The first kappa shape index (κ1) is 28.9. The van der Waals surface area contributed by atoms with Crippen LogP contribution in [0.5, 0.6) is 11.5 Å². The van der Waals surface area contributed by atoms with Crippen molar-refractivity contribution in [3.63, 3.8) is 0 Å². The molecule has 39 heavy (non-hydrogen) atoms. The number of benzene rings is 2. The molecule has 3 aromatic rings. The minimum absolute atomic E-state index is 0.0357. The molecule has 1 aliphatic heterocycles. The first-order valence-corrected chi connectivity index (χ1v) is 15.1. The summed E-state index contributed by atoms with van der Waals surface area (Å²) < 4.78 is 40.0. The third kappa shape index (κ3) is 6.91. The molecule has 210 valence electrons. The Morgan fingerprint density at radius 1 is 1.23 bits per heavy atom. The lowest BCUT2D eigenvalue weighted by Crippen LogP contribution is -2.49. The molecule has 11 heteroatoms. The van der Waals surface area contributed by atoms with Crippen molar-refractivity contribution in [1.82, 2.24) is 9.80 Å². The normalized spacial score (nSPS) is 18.6. The van der Waals surface area contributed by atoms with Gasteiger partial charge in [0.15, 0.2) is 0 Å². The average molecular weight is 574 g/mol. The second kappa shape index (κ2) is 12.4. The van der Waals surface area contributed by atoms with E-state index < -0.39 is 16.1 Å². The van der Waals surface area contributed by atoms with Gasteiger partial charge >= 0.3 is 0 Å². The zero-order chi connectivity index (χ0) is 28.2. The number of methoxy groups -OCH3 is 1. The summed E-state index contributed by atoms with van der Waals surface area (Å²) in [6.45, 7) is 5.30. The lowest BCUT2D eigenvalue weighted by molar-refractivity contribution is 0.0341. The Bertz CT molecular complexity index is 1360. The maximum absolute atomic E-state index is 13.6. The number of nitrogens with one attached hydrogen (secondary N) is 1. The molecular formula is C28H35N3O6S2. The molecule has 1 aliphatic rings. The largest absolute Gasteiger partial charge is 0.497 e.